The van der Waals surface area contributed by atoms with Gasteiger partial charge in [-0.1, -0.05) is 13.8 Å². The van der Waals surface area contributed by atoms with Gasteiger partial charge in [0.1, 0.15) is 11.6 Å². The minimum atomic E-state index is 0.594. The van der Waals surface area contributed by atoms with Gasteiger partial charge in [0.05, 0.1) is 7.11 Å². The molecule has 1 heterocycles. The van der Waals surface area contributed by atoms with Crippen molar-refractivity contribution in [3.05, 3.63) is 11.9 Å². The Morgan fingerprint density at radius 1 is 1.43 bits per heavy atom. The first kappa shape index (κ1) is 10.8. The summed E-state index contributed by atoms with van der Waals surface area (Å²) in [5, 5.41) is 3.23. The van der Waals surface area contributed by atoms with E-state index in [1.807, 2.05) is 6.92 Å². The van der Waals surface area contributed by atoms with Crippen LogP contribution < -0.4 is 10.1 Å². The average Bonchev–Trinajstić information content (AvgIpc) is 2.14. The van der Waals surface area contributed by atoms with Gasteiger partial charge in [0.15, 0.2) is 0 Å². The fraction of sp³-hybridized carbons (Fsp3) is 0.600. The van der Waals surface area contributed by atoms with Crippen molar-refractivity contribution in [1.82, 2.24) is 9.97 Å². The predicted molar refractivity (Wildman–Crippen MR) is 56.6 cm³/mol. The number of hydrogen-bond donors (Lipinski definition) is 1. The lowest BCUT2D eigenvalue weighted by Crippen LogP contribution is -2.10. The molecule has 0 aliphatic heterocycles. The van der Waals surface area contributed by atoms with Gasteiger partial charge in [-0.2, -0.15) is 4.98 Å². The highest BCUT2D eigenvalue weighted by Crippen LogP contribution is 2.12. The normalized spacial score (nSPS) is 10.4. The van der Waals surface area contributed by atoms with Gasteiger partial charge < -0.3 is 10.1 Å². The summed E-state index contributed by atoms with van der Waals surface area (Å²) in [6, 6.07) is 1.80. The second kappa shape index (κ2) is 4.79. The molecule has 1 aromatic rings. The lowest BCUT2D eigenvalue weighted by molar-refractivity contribution is 0.396. The quantitative estimate of drug-likeness (QED) is 0.796. The fourth-order valence-electron chi connectivity index (χ4n) is 1.04. The van der Waals surface area contributed by atoms with E-state index in [0.29, 0.717) is 11.8 Å². The maximum Gasteiger partial charge on any atom is 0.218 e. The van der Waals surface area contributed by atoms with Crippen molar-refractivity contribution in [3.8, 4) is 5.88 Å². The van der Waals surface area contributed by atoms with Crippen LogP contribution in [0.3, 0.4) is 0 Å². The smallest absolute Gasteiger partial charge is 0.218 e. The van der Waals surface area contributed by atoms with Crippen LogP contribution in [-0.4, -0.2) is 23.6 Å². The van der Waals surface area contributed by atoms with Gasteiger partial charge >= 0.3 is 0 Å². The Kier molecular flexibility index (Phi) is 3.68. The summed E-state index contributed by atoms with van der Waals surface area (Å²) in [6.45, 7) is 7.05. The Balaban J connectivity index is 2.71. The summed E-state index contributed by atoms with van der Waals surface area (Å²) < 4.78 is 5.05. The van der Waals surface area contributed by atoms with E-state index < -0.39 is 0 Å². The number of ether oxygens (including phenoxy) is 1. The maximum atomic E-state index is 5.05. The molecule has 78 valence electrons. The summed E-state index contributed by atoms with van der Waals surface area (Å²) in [5.74, 6) is 2.73. The van der Waals surface area contributed by atoms with Crippen molar-refractivity contribution < 1.29 is 4.74 Å². The molecule has 0 aromatic carbocycles. The Hall–Kier alpha value is -1.32. The molecule has 0 aliphatic rings. The van der Waals surface area contributed by atoms with Crippen LogP contribution >= 0.6 is 0 Å². The largest absolute Gasteiger partial charge is 0.481 e. The highest BCUT2D eigenvalue weighted by atomic mass is 16.5. The van der Waals surface area contributed by atoms with Crippen molar-refractivity contribution in [2.24, 2.45) is 5.92 Å². The summed E-state index contributed by atoms with van der Waals surface area (Å²) in [5.41, 5.74) is 0. The van der Waals surface area contributed by atoms with E-state index in [-0.39, 0.29) is 0 Å². The molecule has 14 heavy (non-hydrogen) atoms. The van der Waals surface area contributed by atoms with Gasteiger partial charge in [0.25, 0.3) is 0 Å². The van der Waals surface area contributed by atoms with Crippen LogP contribution in [0.15, 0.2) is 6.07 Å². The molecule has 1 aromatic heterocycles. The molecule has 0 saturated carbocycles. The molecule has 0 saturated heterocycles. The van der Waals surface area contributed by atoms with Crippen LogP contribution in [0.2, 0.25) is 0 Å². The van der Waals surface area contributed by atoms with Crippen LogP contribution in [0.5, 0.6) is 5.88 Å². The number of methoxy groups -OCH3 is 1. The van der Waals surface area contributed by atoms with Crippen molar-refractivity contribution in [2.75, 3.05) is 19.0 Å². The van der Waals surface area contributed by atoms with Gasteiger partial charge in [-0.15, -0.1) is 0 Å². The zero-order valence-corrected chi connectivity index (χ0v) is 9.16. The highest BCUT2D eigenvalue weighted by Gasteiger charge is 2.01. The number of aryl methyl sites for hydroxylation is 1. The fourth-order valence-corrected chi connectivity index (χ4v) is 1.04. The average molecular weight is 195 g/mol. The van der Waals surface area contributed by atoms with Crippen molar-refractivity contribution in [1.29, 1.82) is 0 Å². The third-order valence-corrected chi connectivity index (χ3v) is 1.72. The van der Waals surface area contributed by atoms with E-state index in [2.05, 4.69) is 29.1 Å². The Morgan fingerprint density at radius 2 is 2.14 bits per heavy atom. The summed E-state index contributed by atoms with van der Waals surface area (Å²) >= 11 is 0. The molecule has 0 amide bonds. The van der Waals surface area contributed by atoms with E-state index in [4.69, 9.17) is 4.74 Å². The first-order valence-corrected chi connectivity index (χ1v) is 4.75. The Bertz CT molecular complexity index is 299. The molecule has 1 N–H and O–H groups in total. The minimum Gasteiger partial charge on any atom is -0.481 e. The molecule has 4 heteroatoms. The third kappa shape index (κ3) is 3.20. The summed E-state index contributed by atoms with van der Waals surface area (Å²) in [6.07, 6.45) is 0. The molecule has 0 aliphatic carbocycles. The number of rotatable bonds is 4. The van der Waals surface area contributed by atoms with Gasteiger partial charge in [-0.25, -0.2) is 4.98 Å². The van der Waals surface area contributed by atoms with Crippen LogP contribution in [0.4, 0.5) is 5.82 Å². The zero-order valence-electron chi connectivity index (χ0n) is 9.16. The first-order valence-electron chi connectivity index (χ1n) is 4.75. The minimum absolute atomic E-state index is 0.594. The number of nitrogens with zero attached hydrogens (tertiary/aromatic N) is 2. The third-order valence-electron chi connectivity index (χ3n) is 1.72. The standard InChI is InChI=1S/C10H17N3O/c1-7(2)6-11-9-5-10(14-4)13-8(3)12-9/h5,7H,6H2,1-4H3,(H,11,12,13). The SMILES string of the molecule is COc1cc(NCC(C)C)nc(C)n1. The van der Waals surface area contributed by atoms with Crippen LogP contribution in [0.25, 0.3) is 0 Å². The topological polar surface area (TPSA) is 47.0 Å². The Morgan fingerprint density at radius 3 is 2.71 bits per heavy atom. The Labute approximate surface area is 84.7 Å². The predicted octanol–water partition coefficient (Wildman–Crippen LogP) is 1.86. The lowest BCUT2D eigenvalue weighted by Gasteiger charge is -2.09. The molecule has 4 nitrogen and oxygen atoms in total. The molecule has 0 radical (unpaired) electrons. The van der Waals surface area contributed by atoms with Crippen molar-refractivity contribution in [3.63, 3.8) is 0 Å². The van der Waals surface area contributed by atoms with Crippen LogP contribution in [-0.2, 0) is 0 Å². The van der Waals surface area contributed by atoms with Gasteiger partial charge in [0, 0.05) is 12.6 Å². The van der Waals surface area contributed by atoms with Crippen LogP contribution in [0, 0.1) is 12.8 Å². The number of hydrogen-bond acceptors (Lipinski definition) is 4. The second-order valence-corrected chi connectivity index (χ2v) is 3.62. The number of nitrogens with one attached hydrogen (secondary N) is 1. The summed E-state index contributed by atoms with van der Waals surface area (Å²) in [7, 11) is 1.61. The molecular formula is C10H17N3O. The maximum absolute atomic E-state index is 5.05. The molecule has 0 bridgehead atoms. The van der Waals surface area contributed by atoms with E-state index in [0.717, 1.165) is 18.2 Å². The zero-order chi connectivity index (χ0) is 10.6. The number of aromatic nitrogens is 2. The number of anilines is 1. The molecule has 0 unspecified atom stereocenters. The van der Waals surface area contributed by atoms with E-state index in [1.54, 1.807) is 13.2 Å². The molecule has 0 fully saturated rings. The van der Waals surface area contributed by atoms with E-state index >= 15 is 0 Å². The van der Waals surface area contributed by atoms with E-state index in [1.165, 1.54) is 0 Å². The molecule has 0 atom stereocenters. The summed E-state index contributed by atoms with van der Waals surface area (Å²) in [4.78, 5) is 8.36. The van der Waals surface area contributed by atoms with Crippen LogP contribution in [0.1, 0.15) is 19.7 Å². The van der Waals surface area contributed by atoms with Gasteiger partial charge in [-0.3, -0.25) is 0 Å². The van der Waals surface area contributed by atoms with Gasteiger partial charge in [0.2, 0.25) is 5.88 Å². The van der Waals surface area contributed by atoms with Gasteiger partial charge in [-0.05, 0) is 12.8 Å². The molecule has 1 rings (SSSR count). The molecule has 0 spiro atoms. The molecular weight excluding hydrogens is 178 g/mol. The van der Waals surface area contributed by atoms with E-state index in [9.17, 15) is 0 Å². The highest BCUT2D eigenvalue weighted by molar-refractivity contribution is 5.38. The second-order valence-electron chi connectivity index (χ2n) is 3.62. The first-order chi connectivity index (χ1) is 6.61. The monoisotopic (exact) mass is 195 g/mol. The lowest BCUT2D eigenvalue weighted by atomic mass is 10.2. The van der Waals surface area contributed by atoms with Crippen molar-refractivity contribution >= 4 is 5.82 Å². The van der Waals surface area contributed by atoms with Crippen molar-refractivity contribution in [2.45, 2.75) is 20.8 Å².